The fraction of sp³-hybridized carbons (Fsp3) is 0.371. The fourth-order valence-corrected chi connectivity index (χ4v) is 9.73. The van der Waals surface area contributed by atoms with Crippen molar-refractivity contribution in [1.29, 1.82) is 0 Å². The van der Waals surface area contributed by atoms with E-state index in [1.165, 1.54) is 7.11 Å². The number of pyridine rings is 2. The average Bonchev–Trinajstić information content (AvgIpc) is 3.47. The summed E-state index contributed by atoms with van der Waals surface area (Å²) in [7, 11) is 1.34. The minimum Gasteiger partial charge on any atom is -0.465 e. The Hall–Kier alpha value is -7.63. The maximum absolute atomic E-state index is 13.9. The summed E-state index contributed by atoms with van der Waals surface area (Å²) in [4.78, 5) is 86.1. The quantitative estimate of drug-likeness (QED) is 0.0630. The Morgan fingerprint density at radius 1 is 0.551 bits per heavy atom. The lowest BCUT2D eigenvalue weighted by Crippen LogP contribution is -2.50. The number of carbonyl (C=O) groups excluding carboxylic acids is 4. The van der Waals surface area contributed by atoms with Gasteiger partial charge in [0, 0.05) is 58.9 Å². The van der Waals surface area contributed by atoms with Gasteiger partial charge < -0.3 is 25.1 Å². The number of rotatable bonds is 16. The van der Waals surface area contributed by atoms with E-state index < -0.39 is 5.97 Å². The van der Waals surface area contributed by atoms with Crippen molar-refractivity contribution in [1.82, 2.24) is 45.5 Å². The van der Waals surface area contributed by atoms with Crippen LogP contribution >= 0.6 is 0 Å². The van der Waals surface area contributed by atoms with Gasteiger partial charge >= 0.3 is 5.97 Å². The molecular weight excluding hydrogens is 983 g/mol. The highest BCUT2D eigenvalue weighted by atomic mass is 16.5. The molecule has 0 radical (unpaired) electrons. The van der Waals surface area contributed by atoms with Crippen LogP contribution in [0.5, 0.6) is 0 Å². The molecular formula is C62H73N9O7. The minimum atomic E-state index is -0.434. The summed E-state index contributed by atoms with van der Waals surface area (Å²) in [5.41, 5.74) is 6.75. The van der Waals surface area contributed by atoms with E-state index in [9.17, 15) is 24.0 Å². The molecule has 78 heavy (non-hydrogen) atoms. The average molecular weight is 1060 g/mol. The summed E-state index contributed by atoms with van der Waals surface area (Å²) in [6.07, 6.45) is 0. The second-order valence-corrected chi connectivity index (χ2v) is 21.4. The van der Waals surface area contributed by atoms with Crippen LogP contribution in [-0.4, -0.2) is 132 Å². The van der Waals surface area contributed by atoms with Crippen molar-refractivity contribution in [3.05, 3.63) is 177 Å². The van der Waals surface area contributed by atoms with E-state index in [0.717, 1.165) is 27.9 Å². The van der Waals surface area contributed by atoms with Crippen LogP contribution in [0.1, 0.15) is 98.0 Å². The smallest absolute Gasteiger partial charge is 0.337 e. The summed E-state index contributed by atoms with van der Waals surface area (Å²) >= 11 is 0. The predicted molar refractivity (Wildman–Crippen MR) is 305 cm³/mol. The molecule has 3 N–H and O–H groups in total. The van der Waals surface area contributed by atoms with Crippen molar-refractivity contribution < 1.29 is 28.3 Å². The number of fused-ring (bicyclic) bond motifs is 2. The number of hydrogen-bond acceptors (Lipinski definition) is 13. The van der Waals surface area contributed by atoms with Crippen LogP contribution in [0.15, 0.2) is 143 Å². The molecule has 1 aliphatic rings. The molecule has 16 nitrogen and oxygen atoms in total. The topological polar surface area (TPSA) is 183 Å². The Bertz CT molecular complexity index is 3160. The second-order valence-electron chi connectivity index (χ2n) is 21.4. The number of benzene rings is 4. The van der Waals surface area contributed by atoms with Crippen molar-refractivity contribution in [2.75, 3.05) is 79.1 Å². The lowest BCUT2D eigenvalue weighted by Gasteiger charge is -2.34. The lowest BCUT2D eigenvalue weighted by atomic mass is 9.86. The van der Waals surface area contributed by atoms with Gasteiger partial charge in [-0.05, 0) is 97.0 Å². The van der Waals surface area contributed by atoms with E-state index in [1.807, 2.05) is 124 Å². The molecule has 3 aromatic heterocycles. The highest BCUT2D eigenvalue weighted by Gasteiger charge is 2.24. The standard InChI is InChI=1S/C62H73N9O7/c1-42(45-15-10-8-11-16-45)63-56(72)39-69-31-29-68(38-50-19-14-20-53(66-50)54-27-26-51-59(75)52-37-49(62(4,5)6)25-28-55(52)78-60(51)67-54)30-32-70(40-57(73)64-43(2)46-17-12-9-13-18-46)34-36-71(35-33-69)41-58(74)65-44(3)47-21-23-48(24-22-47)61(76)77-7/h8-28,37,42-44H,29-36,38-41H2,1-7H3,(H,63,72)(H,64,73)(H,65,74)/t42-,43-,44-/m0/s1. The molecule has 1 aliphatic heterocycles. The first-order valence-electron chi connectivity index (χ1n) is 26.9. The molecule has 408 valence electrons. The van der Waals surface area contributed by atoms with Crippen LogP contribution in [-0.2, 0) is 31.1 Å². The molecule has 16 heteroatoms. The number of aromatic nitrogens is 2. The molecule has 0 spiro atoms. The van der Waals surface area contributed by atoms with Crippen LogP contribution in [0, 0.1) is 0 Å². The first-order valence-corrected chi connectivity index (χ1v) is 26.9. The Kier molecular flexibility index (Phi) is 19.0. The minimum absolute atomic E-state index is 0.0853. The van der Waals surface area contributed by atoms with Crippen molar-refractivity contribution in [3.63, 3.8) is 0 Å². The maximum Gasteiger partial charge on any atom is 0.337 e. The van der Waals surface area contributed by atoms with Gasteiger partial charge in [-0.25, -0.2) is 14.8 Å². The van der Waals surface area contributed by atoms with E-state index in [1.54, 1.807) is 30.3 Å². The number of amides is 3. The SMILES string of the molecule is COC(=O)c1ccc([C@H](C)NC(=O)CN2CCN(CC(=O)N[C@@H](C)c3ccccc3)CCN(Cc3cccc(-c4ccc5c(=O)c6cc(C(C)(C)C)ccc6oc5n4)n3)CCN(CC(=O)N[C@@H](C)c3ccccc3)CC2)cc1. The van der Waals surface area contributed by atoms with Crippen LogP contribution in [0.25, 0.3) is 33.5 Å². The summed E-state index contributed by atoms with van der Waals surface area (Å²) < 4.78 is 11.1. The number of nitrogens with zero attached hydrogens (tertiary/aromatic N) is 6. The Labute approximate surface area is 457 Å². The van der Waals surface area contributed by atoms with Crippen molar-refractivity contribution in [2.45, 2.75) is 71.6 Å². The zero-order valence-electron chi connectivity index (χ0n) is 46.0. The normalized spacial score (nSPS) is 15.8. The van der Waals surface area contributed by atoms with Crippen LogP contribution in [0.4, 0.5) is 0 Å². The first-order chi connectivity index (χ1) is 37.5. The highest BCUT2D eigenvalue weighted by molar-refractivity contribution is 5.90. The summed E-state index contributed by atoms with van der Waals surface area (Å²) in [6.45, 7) is 17.1. The molecule has 0 bridgehead atoms. The maximum atomic E-state index is 13.9. The second kappa shape index (κ2) is 26.1. The van der Waals surface area contributed by atoms with E-state index >= 15 is 0 Å². The predicted octanol–water partition coefficient (Wildman–Crippen LogP) is 7.84. The molecule has 4 aromatic carbocycles. The van der Waals surface area contributed by atoms with Gasteiger partial charge in [-0.15, -0.1) is 0 Å². The largest absolute Gasteiger partial charge is 0.465 e. The van der Waals surface area contributed by atoms with Crippen molar-refractivity contribution in [2.24, 2.45) is 0 Å². The molecule has 0 aliphatic carbocycles. The molecule has 4 heterocycles. The third-order valence-electron chi connectivity index (χ3n) is 14.5. The van der Waals surface area contributed by atoms with Gasteiger partial charge in [0.2, 0.25) is 28.9 Å². The number of carbonyl (C=O) groups is 4. The van der Waals surface area contributed by atoms with E-state index in [0.29, 0.717) is 92.2 Å². The van der Waals surface area contributed by atoms with Gasteiger partial charge in [-0.1, -0.05) is 106 Å². The number of esters is 1. The summed E-state index contributed by atoms with van der Waals surface area (Å²) in [5, 5.41) is 10.4. The lowest BCUT2D eigenvalue weighted by molar-refractivity contribution is -0.125. The number of hydrogen-bond donors (Lipinski definition) is 3. The molecule has 3 atom stereocenters. The Morgan fingerprint density at radius 3 is 1.51 bits per heavy atom. The zero-order chi connectivity index (χ0) is 55.3. The molecule has 1 fully saturated rings. The number of methoxy groups -OCH3 is 1. The fourth-order valence-electron chi connectivity index (χ4n) is 9.73. The third kappa shape index (κ3) is 15.3. The van der Waals surface area contributed by atoms with E-state index in [-0.39, 0.29) is 72.0 Å². The van der Waals surface area contributed by atoms with Crippen molar-refractivity contribution in [3.8, 4) is 11.4 Å². The van der Waals surface area contributed by atoms with Gasteiger partial charge in [0.25, 0.3) is 0 Å². The monoisotopic (exact) mass is 1060 g/mol. The molecule has 1 saturated heterocycles. The van der Waals surface area contributed by atoms with Crippen LogP contribution < -0.4 is 21.4 Å². The number of ether oxygens (including phenoxy) is 1. The van der Waals surface area contributed by atoms with Gasteiger partial charge in [-0.3, -0.25) is 38.8 Å². The molecule has 0 unspecified atom stereocenters. The first kappa shape index (κ1) is 56.6. The molecule has 7 aromatic rings. The third-order valence-corrected chi connectivity index (χ3v) is 14.5. The van der Waals surface area contributed by atoms with Gasteiger partial charge in [0.05, 0.1) is 78.3 Å². The zero-order valence-corrected chi connectivity index (χ0v) is 46.0. The van der Waals surface area contributed by atoms with E-state index in [4.69, 9.17) is 19.1 Å². The number of nitrogens with one attached hydrogen (secondary N) is 3. The summed E-state index contributed by atoms with van der Waals surface area (Å²) in [6, 6.07) is 41.1. The Morgan fingerprint density at radius 2 is 1.03 bits per heavy atom. The Balaban J connectivity index is 1.03. The highest BCUT2D eigenvalue weighted by Crippen LogP contribution is 2.28. The van der Waals surface area contributed by atoms with Gasteiger partial charge in [0.15, 0.2) is 0 Å². The summed E-state index contributed by atoms with van der Waals surface area (Å²) in [5.74, 6) is -0.838. The molecule has 3 amide bonds. The molecule has 0 saturated carbocycles. The van der Waals surface area contributed by atoms with Crippen LogP contribution in [0.2, 0.25) is 0 Å². The van der Waals surface area contributed by atoms with Crippen LogP contribution in [0.3, 0.4) is 0 Å². The molecule has 8 rings (SSSR count). The van der Waals surface area contributed by atoms with E-state index in [2.05, 4.69) is 56.3 Å². The van der Waals surface area contributed by atoms with Crippen molar-refractivity contribution >= 4 is 45.8 Å². The van der Waals surface area contributed by atoms with Gasteiger partial charge in [0.1, 0.15) is 5.58 Å². The van der Waals surface area contributed by atoms with Gasteiger partial charge in [-0.2, -0.15) is 0 Å².